The van der Waals surface area contributed by atoms with E-state index in [9.17, 15) is 26.4 Å². The van der Waals surface area contributed by atoms with Crippen LogP contribution in [0, 0.1) is 5.41 Å². The van der Waals surface area contributed by atoms with Crippen molar-refractivity contribution in [3.05, 3.63) is 107 Å². The number of aryl methyl sites for hydroxylation is 1. The Labute approximate surface area is 258 Å². The minimum Gasteiger partial charge on any atom is -0.349 e. The number of amides is 1. The van der Waals surface area contributed by atoms with Gasteiger partial charge in [0.1, 0.15) is 0 Å². The Kier molecular flexibility index (Phi) is 10.4. The second-order valence-electron chi connectivity index (χ2n) is 12.5. The number of fused-ring (bicyclic) bond motifs is 1. The fraction of sp³-hybridized carbons (Fsp3) is 0.382. The van der Waals surface area contributed by atoms with Crippen LogP contribution in [0.25, 0.3) is 5.57 Å². The lowest BCUT2D eigenvalue weighted by Gasteiger charge is -2.28. The number of rotatable bonds is 11. The molecular weight excluding hydrogens is 587 g/mol. The molecule has 10 heteroatoms. The average molecular weight is 628 g/mol. The van der Waals surface area contributed by atoms with Crippen LogP contribution in [0.1, 0.15) is 79.9 Å². The third-order valence-corrected chi connectivity index (χ3v) is 9.02. The summed E-state index contributed by atoms with van der Waals surface area (Å²) >= 11 is 0. The molecule has 1 amide bonds. The smallest absolute Gasteiger partial charge is 0.349 e. The molecule has 0 saturated heterocycles. The zero-order valence-electron chi connectivity index (χ0n) is 25.3. The molecule has 0 aliphatic heterocycles. The van der Waals surface area contributed by atoms with Gasteiger partial charge >= 0.3 is 6.18 Å². The molecule has 236 valence electrons. The Balaban J connectivity index is 1.48. The van der Waals surface area contributed by atoms with E-state index in [1.54, 1.807) is 30.3 Å². The van der Waals surface area contributed by atoms with E-state index in [0.29, 0.717) is 18.2 Å². The Hall–Kier alpha value is -3.47. The van der Waals surface area contributed by atoms with Crippen molar-refractivity contribution in [1.29, 1.82) is 0 Å². The van der Waals surface area contributed by atoms with Gasteiger partial charge in [0.2, 0.25) is 15.9 Å². The first kappa shape index (κ1) is 33.4. The number of hydrogen-bond acceptors (Lipinski definition) is 4. The zero-order valence-corrected chi connectivity index (χ0v) is 26.1. The standard InChI is InChI=1S/C34H40F3N3O3S/c1-23(21-38-22-33(2,3)4)25-16-17-29-26(18-25)12-8-15-30(29)39-32(41)20-31(24-10-6-5-7-11-24)40-44(42,43)28-14-9-13-27(19-28)34(35,36)37/h5-7,9-11,13-14,16-19,30-31,38,40H,1,8,12,15,20-22H2,2-4H3,(H,39,41)/t30-,31?/m1/s1. The lowest BCUT2D eigenvalue weighted by Crippen LogP contribution is -2.36. The Morgan fingerprint density at radius 2 is 1.73 bits per heavy atom. The largest absolute Gasteiger partial charge is 0.416 e. The van der Waals surface area contributed by atoms with E-state index >= 15 is 0 Å². The number of carbonyl (C=O) groups excluding carboxylic acids is 1. The lowest BCUT2D eigenvalue weighted by atomic mass is 9.85. The molecule has 0 saturated carbocycles. The fourth-order valence-electron chi connectivity index (χ4n) is 5.32. The maximum Gasteiger partial charge on any atom is 0.416 e. The highest BCUT2D eigenvalue weighted by Gasteiger charge is 2.33. The van der Waals surface area contributed by atoms with Crippen molar-refractivity contribution in [2.24, 2.45) is 5.41 Å². The summed E-state index contributed by atoms with van der Waals surface area (Å²) in [6.45, 7) is 12.3. The summed E-state index contributed by atoms with van der Waals surface area (Å²) in [5.74, 6) is -0.372. The molecule has 3 aromatic carbocycles. The molecule has 3 aromatic rings. The van der Waals surface area contributed by atoms with Crippen molar-refractivity contribution in [2.45, 2.75) is 69.6 Å². The third-order valence-electron chi connectivity index (χ3n) is 7.56. The third kappa shape index (κ3) is 9.03. The molecule has 44 heavy (non-hydrogen) atoms. The molecule has 0 spiro atoms. The first-order valence-electron chi connectivity index (χ1n) is 14.7. The molecule has 6 nitrogen and oxygen atoms in total. The molecule has 0 aromatic heterocycles. The van der Waals surface area contributed by atoms with Gasteiger partial charge in [-0.15, -0.1) is 0 Å². The lowest BCUT2D eigenvalue weighted by molar-refractivity contribution is -0.137. The molecule has 4 rings (SSSR count). The quantitative estimate of drug-likeness (QED) is 0.215. The summed E-state index contributed by atoms with van der Waals surface area (Å²) in [4.78, 5) is 12.8. The van der Waals surface area contributed by atoms with Crippen molar-refractivity contribution in [3.63, 3.8) is 0 Å². The van der Waals surface area contributed by atoms with Crippen LogP contribution in [0.5, 0.6) is 0 Å². The second kappa shape index (κ2) is 13.7. The molecule has 1 aliphatic carbocycles. The number of hydrogen-bond donors (Lipinski definition) is 3. The van der Waals surface area contributed by atoms with Crippen molar-refractivity contribution >= 4 is 21.5 Å². The van der Waals surface area contributed by atoms with E-state index in [1.165, 1.54) is 0 Å². The SMILES string of the molecule is C=C(CNCC(C)(C)C)c1ccc2c(c1)CCC[C@H]2NC(=O)CC(NS(=O)(=O)c1cccc(C(F)(F)F)c1)c1ccccc1. The van der Waals surface area contributed by atoms with E-state index in [2.05, 4.69) is 48.8 Å². The summed E-state index contributed by atoms with van der Waals surface area (Å²) in [6.07, 6.45) is -2.44. The summed E-state index contributed by atoms with van der Waals surface area (Å²) < 4.78 is 68.7. The number of halogens is 3. The number of sulfonamides is 1. The molecule has 0 radical (unpaired) electrons. The summed E-state index contributed by atoms with van der Waals surface area (Å²) in [5, 5.41) is 6.52. The van der Waals surface area contributed by atoms with Crippen molar-refractivity contribution in [1.82, 2.24) is 15.4 Å². The predicted octanol–water partition coefficient (Wildman–Crippen LogP) is 6.96. The van der Waals surface area contributed by atoms with Crippen LogP contribution < -0.4 is 15.4 Å². The average Bonchev–Trinajstić information content (AvgIpc) is 2.96. The highest BCUT2D eigenvalue weighted by molar-refractivity contribution is 7.89. The fourth-order valence-corrected chi connectivity index (χ4v) is 6.59. The van der Waals surface area contributed by atoms with E-state index in [0.717, 1.165) is 66.3 Å². The number of carbonyl (C=O) groups is 1. The van der Waals surface area contributed by atoms with Gasteiger partial charge in [-0.05, 0) is 70.7 Å². The van der Waals surface area contributed by atoms with Gasteiger partial charge in [-0.2, -0.15) is 13.2 Å². The van der Waals surface area contributed by atoms with Gasteiger partial charge in [0, 0.05) is 19.5 Å². The Bertz CT molecular complexity index is 1580. The first-order valence-corrected chi connectivity index (χ1v) is 16.2. The van der Waals surface area contributed by atoms with Crippen molar-refractivity contribution in [3.8, 4) is 0 Å². The van der Waals surface area contributed by atoms with Crippen molar-refractivity contribution in [2.75, 3.05) is 13.1 Å². The summed E-state index contributed by atoms with van der Waals surface area (Å²) in [6, 6.07) is 17.0. The van der Waals surface area contributed by atoms with E-state index in [4.69, 9.17) is 0 Å². The van der Waals surface area contributed by atoms with Crippen LogP contribution >= 0.6 is 0 Å². The zero-order chi connectivity index (χ0) is 32.1. The highest BCUT2D eigenvalue weighted by Crippen LogP contribution is 2.33. The van der Waals surface area contributed by atoms with Gasteiger partial charge in [0.05, 0.1) is 22.5 Å². The number of benzene rings is 3. The summed E-state index contributed by atoms with van der Waals surface area (Å²) in [7, 11) is -4.39. The molecular formula is C34H40F3N3O3S. The van der Waals surface area contributed by atoms with Crippen LogP contribution in [0.3, 0.4) is 0 Å². The molecule has 1 aliphatic rings. The Morgan fingerprint density at radius 3 is 2.41 bits per heavy atom. The highest BCUT2D eigenvalue weighted by atomic mass is 32.2. The number of alkyl halides is 3. The van der Waals surface area contributed by atoms with E-state index in [1.807, 2.05) is 12.1 Å². The first-order chi connectivity index (χ1) is 20.6. The van der Waals surface area contributed by atoms with Gasteiger partial charge in [-0.25, -0.2) is 13.1 Å². The van der Waals surface area contributed by atoms with Crippen LogP contribution in [0.4, 0.5) is 13.2 Å². The van der Waals surface area contributed by atoms with Gasteiger partial charge < -0.3 is 10.6 Å². The topological polar surface area (TPSA) is 87.3 Å². The van der Waals surface area contributed by atoms with Crippen LogP contribution in [-0.2, 0) is 27.4 Å². The molecule has 3 N–H and O–H groups in total. The van der Waals surface area contributed by atoms with Gasteiger partial charge in [-0.3, -0.25) is 4.79 Å². The molecule has 0 fully saturated rings. The maximum absolute atomic E-state index is 13.4. The second-order valence-corrected chi connectivity index (χ2v) is 14.2. The molecule has 1 unspecified atom stereocenters. The molecule has 0 bridgehead atoms. The molecule has 0 heterocycles. The van der Waals surface area contributed by atoms with E-state index in [-0.39, 0.29) is 23.8 Å². The van der Waals surface area contributed by atoms with Crippen molar-refractivity contribution < 1.29 is 26.4 Å². The Morgan fingerprint density at radius 1 is 1.00 bits per heavy atom. The molecule has 2 atom stereocenters. The summed E-state index contributed by atoms with van der Waals surface area (Å²) in [5.41, 5.74) is 3.81. The number of nitrogens with one attached hydrogen (secondary N) is 3. The van der Waals surface area contributed by atoms with Gasteiger partial charge in [0.15, 0.2) is 0 Å². The van der Waals surface area contributed by atoms with Crippen LogP contribution in [-0.4, -0.2) is 27.4 Å². The van der Waals surface area contributed by atoms with E-state index < -0.39 is 32.7 Å². The van der Waals surface area contributed by atoms with Gasteiger partial charge in [-0.1, -0.05) is 81.9 Å². The van der Waals surface area contributed by atoms with Gasteiger partial charge in [0.25, 0.3) is 0 Å². The maximum atomic E-state index is 13.4. The minimum absolute atomic E-state index is 0.166. The monoisotopic (exact) mass is 627 g/mol. The minimum atomic E-state index is -4.70. The van der Waals surface area contributed by atoms with Crippen LogP contribution in [0.15, 0.2) is 84.3 Å². The van der Waals surface area contributed by atoms with Crippen LogP contribution in [0.2, 0.25) is 0 Å². The normalized spacial score (nSPS) is 16.2. The predicted molar refractivity (Wildman–Crippen MR) is 167 cm³/mol.